The molecule has 8 heavy (non-hydrogen) atoms. The van der Waals surface area contributed by atoms with Crippen molar-refractivity contribution in [2.45, 2.75) is 19.4 Å². The molecule has 0 radical (unpaired) electrons. The van der Waals surface area contributed by atoms with E-state index in [1.165, 1.54) is 6.08 Å². The zero-order chi connectivity index (χ0) is 6.41. The Balaban J connectivity index is 3.15. The van der Waals surface area contributed by atoms with Gasteiger partial charge in [0.15, 0.2) is 0 Å². The summed E-state index contributed by atoms with van der Waals surface area (Å²) in [6, 6.07) is 0. The normalized spacial score (nSPS) is 14.2. The van der Waals surface area contributed by atoms with E-state index in [0.29, 0.717) is 12.7 Å². The number of aliphatic hydroxyl groups excluding tert-OH is 1. The molecule has 0 fully saturated rings. The summed E-state index contributed by atoms with van der Waals surface area (Å²) in [5.74, 6) is 0. The van der Waals surface area contributed by atoms with Crippen LogP contribution in [0.1, 0.15) is 13.3 Å². The van der Waals surface area contributed by atoms with Crippen molar-refractivity contribution in [3.63, 3.8) is 0 Å². The van der Waals surface area contributed by atoms with Gasteiger partial charge in [-0.1, -0.05) is 6.08 Å². The molecule has 0 rings (SSSR count). The molecule has 1 N–H and O–H groups in total. The van der Waals surface area contributed by atoms with Crippen LogP contribution in [0.2, 0.25) is 0 Å². The Kier molecular flexibility index (Phi) is 4.17. The van der Waals surface area contributed by atoms with Crippen LogP contribution in [-0.4, -0.2) is 17.5 Å². The van der Waals surface area contributed by atoms with Gasteiger partial charge < -0.3 is 5.11 Å². The van der Waals surface area contributed by atoms with E-state index < -0.39 is 0 Å². The first-order valence-electron chi connectivity index (χ1n) is 2.55. The molecule has 0 saturated heterocycles. The minimum atomic E-state index is -0.341. The van der Waals surface area contributed by atoms with E-state index in [4.69, 9.17) is 5.11 Å². The molecule has 0 aliphatic rings. The van der Waals surface area contributed by atoms with Crippen LogP contribution >= 0.6 is 0 Å². The maximum Gasteiger partial charge on any atom is 0.142 e. The molecule has 0 aliphatic heterocycles. The molecule has 0 aromatic rings. The smallest absolute Gasteiger partial charge is 0.142 e. The van der Waals surface area contributed by atoms with Crippen LogP contribution in [0, 0.1) is 0 Å². The summed E-state index contributed by atoms with van der Waals surface area (Å²) in [5, 5.41) is 8.61. The second kappa shape index (κ2) is 4.53. The number of aldehydes is 1. The van der Waals surface area contributed by atoms with Gasteiger partial charge in [0.1, 0.15) is 6.29 Å². The number of rotatable bonds is 3. The van der Waals surface area contributed by atoms with Gasteiger partial charge in [-0.15, -0.1) is 0 Å². The quantitative estimate of drug-likeness (QED) is 0.429. The van der Waals surface area contributed by atoms with Crippen molar-refractivity contribution in [3.05, 3.63) is 12.2 Å². The maximum absolute atomic E-state index is 9.62. The molecule has 0 aliphatic carbocycles. The highest BCUT2D eigenvalue weighted by atomic mass is 16.3. The van der Waals surface area contributed by atoms with Crippen LogP contribution in [0.15, 0.2) is 12.2 Å². The number of hydrogen-bond acceptors (Lipinski definition) is 2. The van der Waals surface area contributed by atoms with Crippen LogP contribution in [0.4, 0.5) is 0 Å². The van der Waals surface area contributed by atoms with E-state index in [1.807, 2.05) is 0 Å². The molecule has 0 unspecified atom stereocenters. The lowest BCUT2D eigenvalue weighted by Gasteiger charge is -1.93. The summed E-state index contributed by atoms with van der Waals surface area (Å²) < 4.78 is 0. The van der Waals surface area contributed by atoms with Crippen molar-refractivity contribution in [2.24, 2.45) is 0 Å². The van der Waals surface area contributed by atoms with Gasteiger partial charge in [-0.3, -0.25) is 4.79 Å². The van der Waals surface area contributed by atoms with Crippen molar-refractivity contribution in [2.75, 3.05) is 0 Å². The molecule has 2 heteroatoms. The topological polar surface area (TPSA) is 37.3 Å². The monoisotopic (exact) mass is 114 g/mol. The van der Waals surface area contributed by atoms with E-state index >= 15 is 0 Å². The highest BCUT2D eigenvalue weighted by Crippen LogP contribution is 1.88. The lowest BCUT2D eigenvalue weighted by Crippen LogP contribution is -1.95. The molecule has 0 bridgehead atoms. The van der Waals surface area contributed by atoms with Crippen molar-refractivity contribution in [3.8, 4) is 0 Å². The molecule has 1 atom stereocenters. The Morgan fingerprint density at radius 3 is 2.75 bits per heavy atom. The predicted molar refractivity (Wildman–Crippen MR) is 31.5 cm³/mol. The summed E-state index contributed by atoms with van der Waals surface area (Å²) in [4.78, 5) is 9.62. The van der Waals surface area contributed by atoms with Crippen molar-refractivity contribution in [1.82, 2.24) is 0 Å². The molecule has 0 amide bonds. The number of carbonyl (C=O) groups excluding carboxylic acids is 1. The lowest BCUT2D eigenvalue weighted by atomic mass is 10.3. The summed E-state index contributed by atoms with van der Waals surface area (Å²) in [5.41, 5.74) is 0. The lowest BCUT2D eigenvalue weighted by molar-refractivity contribution is -0.104. The Morgan fingerprint density at radius 2 is 2.38 bits per heavy atom. The minimum Gasteiger partial charge on any atom is -0.393 e. The Hall–Kier alpha value is -0.630. The fraction of sp³-hybridized carbons (Fsp3) is 0.500. The van der Waals surface area contributed by atoms with E-state index in [2.05, 4.69) is 0 Å². The fourth-order valence-corrected chi connectivity index (χ4v) is 0.331. The van der Waals surface area contributed by atoms with Gasteiger partial charge in [0.25, 0.3) is 0 Å². The highest BCUT2D eigenvalue weighted by molar-refractivity contribution is 5.64. The zero-order valence-electron chi connectivity index (χ0n) is 4.87. The SMILES string of the molecule is C[C@H](O)C/C=C/C=O. The van der Waals surface area contributed by atoms with Crippen molar-refractivity contribution in [1.29, 1.82) is 0 Å². The molecule has 0 heterocycles. The first kappa shape index (κ1) is 7.37. The first-order valence-corrected chi connectivity index (χ1v) is 2.55. The average Bonchev–Trinajstić information content (AvgIpc) is 1.66. The molecule has 0 saturated carbocycles. The molecule has 46 valence electrons. The van der Waals surface area contributed by atoms with Gasteiger partial charge in [-0.05, 0) is 19.4 Å². The Morgan fingerprint density at radius 1 is 1.75 bits per heavy atom. The maximum atomic E-state index is 9.62. The van der Waals surface area contributed by atoms with Crippen LogP contribution in [0.25, 0.3) is 0 Å². The largest absolute Gasteiger partial charge is 0.393 e. The predicted octanol–water partition coefficient (Wildman–Crippen LogP) is 0.512. The average molecular weight is 114 g/mol. The van der Waals surface area contributed by atoms with Gasteiger partial charge in [0.05, 0.1) is 6.10 Å². The van der Waals surface area contributed by atoms with Crippen LogP contribution < -0.4 is 0 Å². The summed E-state index contributed by atoms with van der Waals surface area (Å²) in [6.07, 6.45) is 3.93. The third kappa shape index (κ3) is 5.37. The van der Waals surface area contributed by atoms with Gasteiger partial charge in [-0.2, -0.15) is 0 Å². The molecule has 0 spiro atoms. The molecule has 2 nitrogen and oxygen atoms in total. The molecular formula is C6H10O2. The summed E-state index contributed by atoms with van der Waals surface area (Å²) in [7, 11) is 0. The van der Waals surface area contributed by atoms with E-state index in [0.717, 1.165) is 0 Å². The number of allylic oxidation sites excluding steroid dienone is 1. The minimum absolute atomic E-state index is 0.341. The van der Waals surface area contributed by atoms with Crippen LogP contribution in [0.5, 0.6) is 0 Å². The highest BCUT2D eigenvalue weighted by Gasteiger charge is 1.86. The van der Waals surface area contributed by atoms with Crippen LogP contribution in [-0.2, 0) is 4.79 Å². The second-order valence-electron chi connectivity index (χ2n) is 1.65. The van der Waals surface area contributed by atoms with Crippen molar-refractivity contribution >= 4 is 6.29 Å². The van der Waals surface area contributed by atoms with Crippen LogP contribution in [0.3, 0.4) is 0 Å². The third-order valence-corrected chi connectivity index (χ3v) is 0.692. The Bertz CT molecular complexity index is 84.5. The first-order chi connectivity index (χ1) is 3.77. The van der Waals surface area contributed by atoms with Gasteiger partial charge in [0, 0.05) is 0 Å². The van der Waals surface area contributed by atoms with Crippen molar-refractivity contribution < 1.29 is 9.90 Å². The van der Waals surface area contributed by atoms with Gasteiger partial charge >= 0.3 is 0 Å². The van der Waals surface area contributed by atoms with Gasteiger partial charge in [-0.25, -0.2) is 0 Å². The number of hydrogen-bond donors (Lipinski definition) is 1. The standard InChI is InChI=1S/C6H10O2/c1-6(8)4-2-3-5-7/h2-3,5-6,8H,4H2,1H3/b3-2+/t6-/m0/s1. The molecule has 0 aromatic carbocycles. The summed E-state index contributed by atoms with van der Waals surface area (Å²) >= 11 is 0. The number of carbonyl (C=O) groups is 1. The van der Waals surface area contributed by atoms with Gasteiger partial charge in [0.2, 0.25) is 0 Å². The third-order valence-electron chi connectivity index (χ3n) is 0.692. The van der Waals surface area contributed by atoms with E-state index in [-0.39, 0.29) is 6.10 Å². The Labute approximate surface area is 48.8 Å². The molecular weight excluding hydrogens is 104 g/mol. The zero-order valence-corrected chi connectivity index (χ0v) is 4.87. The fourth-order valence-electron chi connectivity index (χ4n) is 0.331. The van der Waals surface area contributed by atoms with E-state index in [9.17, 15) is 4.79 Å². The second-order valence-corrected chi connectivity index (χ2v) is 1.65. The molecule has 0 aromatic heterocycles. The van der Waals surface area contributed by atoms with E-state index in [1.54, 1.807) is 13.0 Å². The summed E-state index contributed by atoms with van der Waals surface area (Å²) in [6.45, 7) is 1.68. The number of aliphatic hydroxyl groups is 1.